The van der Waals surface area contributed by atoms with Crippen LogP contribution in [0.3, 0.4) is 0 Å². The van der Waals surface area contributed by atoms with Crippen LogP contribution in [0.1, 0.15) is 11.1 Å². The lowest BCUT2D eigenvalue weighted by Crippen LogP contribution is -2.47. The Morgan fingerprint density at radius 1 is 0.850 bits per heavy atom. The van der Waals surface area contributed by atoms with E-state index < -0.39 is 0 Å². The highest BCUT2D eigenvalue weighted by atomic mass is 15.3. The van der Waals surface area contributed by atoms with Crippen molar-refractivity contribution in [2.45, 2.75) is 13.8 Å². The molecule has 5 heteroatoms. The van der Waals surface area contributed by atoms with Crippen molar-refractivity contribution in [2.24, 2.45) is 0 Å². The minimum atomic E-state index is 0.826. The Balaban J connectivity index is 1.66. The SMILES string of the molecule is Cc1cnc(N2CCN(c3cc(C)ccn3)CC2)nc1. The Labute approximate surface area is 119 Å². The Kier molecular flexibility index (Phi) is 3.50. The lowest BCUT2D eigenvalue weighted by atomic mass is 10.2. The number of pyridine rings is 1. The molecule has 0 radical (unpaired) electrons. The summed E-state index contributed by atoms with van der Waals surface area (Å²) in [5.74, 6) is 1.89. The average molecular weight is 269 g/mol. The quantitative estimate of drug-likeness (QED) is 0.832. The van der Waals surface area contributed by atoms with E-state index in [1.807, 2.05) is 31.6 Å². The summed E-state index contributed by atoms with van der Waals surface area (Å²) in [7, 11) is 0. The van der Waals surface area contributed by atoms with Crippen molar-refractivity contribution in [3.63, 3.8) is 0 Å². The second kappa shape index (κ2) is 5.45. The maximum absolute atomic E-state index is 4.45. The summed E-state index contributed by atoms with van der Waals surface area (Å²) < 4.78 is 0. The lowest BCUT2D eigenvalue weighted by molar-refractivity contribution is 0.634. The number of anilines is 2. The monoisotopic (exact) mass is 269 g/mol. The number of hydrogen-bond acceptors (Lipinski definition) is 5. The van der Waals surface area contributed by atoms with Crippen LogP contribution in [0.2, 0.25) is 0 Å². The highest BCUT2D eigenvalue weighted by Crippen LogP contribution is 2.16. The molecular formula is C15H19N5. The fraction of sp³-hybridized carbons (Fsp3) is 0.400. The number of rotatable bonds is 2. The molecule has 1 saturated heterocycles. The van der Waals surface area contributed by atoms with Crippen molar-refractivity contribution < 1.29 is 0 Å². The molecule has 5 nitrogen and oxygen atoms in total. The summed E-state index contributed by atoms with van der Waals surface area (Å²) in [5.41, 5.74) is 2.34. The van der Waals surface area contributed by atoms with Gasteiger partial charge in [0, 0.05) is 44.8 Å². The van der Waals surface area contributed by atoms with Crippen LogP contribution in [0.5, 0.6) is 0 Å². The van der Waals surface area contributed by atoms with Crippen molar-refractivity contribution >= 4 is 11.8 Å². The summed E-state index contributed by atoms with van der Waals surface area (Å²) in [6, 6.07) is 4.16. The third-order valence-corrected chi connectivity index (χ3v) is 3.55. The molecule has 0 aliphatic carbocycles. The van der Waals surface area contributed by atoms with Crippen LogP contribution < -0.4 is 9.80 Å². The van der Waals surface area contributed by atoms with E-state index in [9.17, 15) is 0 Å². The van der Waals surface area contributed by atoms with E-state index >= 15 is 0 Å². The van der Waals surface area contributed by atoms with Gasteiger partial charge in [0.2, 0.25) is 5.95 Å². The molecule has 3 heterocycles. The van der Waals surface area contributed by atoms with Crippen LogP contribution in [0, 0.1) is 13.8 Å². The van der Waals surface area contributed by atoms with Gasteiger partial charge in [0.1, 0.15) is 5.82 Å². The fourth-order valence-electron chi connectivity index (χ4n) is 2.38. The topological polar surface area (TPSA) is 45.2 Å². The first-order valence-corrected chi connectivity index (χ1v) is 6.93. The molecule has 2 aromatic rings. The van der Waals surface area contributed by atoms with Gasteiger partial charge in [0.05, 0.1) is 0 Å². The lowest BCUT2D eigenvalue weighted by Gasteiger charge is -2.35. The van der Waals surface area contributed by atoms with E-state index in [0.717, 1.165) is 43.5 Å². The van der Waals surface area contributed by atoms with Gasteiger partial charge in [0.25, 0.3) is 0 Å². The molecule has 1 aliphatic heterocycles. The Bertz CT molecular complexity index is 573. The molecule has 104 valence electrons. The predicted molar refractivity (Wildman–Crippen MR) is 80.2 cm³/mol. The van der Waals surface area contributed by atoms with Gasteiger partial charge in [-0.15, -0.1) is 0 Å². The largest absolute Gasteiger partial charge is 0.353 e. The molecule has 0 unspecified atom stereocenters. The molecule has 0 N–H and O–H groups in total. The van der Waals surface area contributed by atoms with Crippen LogP contribution in [-0.4, -0.2) is 41.1 Å². The molecular weight excluding hydrogens is 250 g/mol. The smallest absolute Gasteiger partial charge is 0.225 e. The van der Waals surface area contributed by atoms with Crippen LogP contribution >= 0.6 is 0 Å². The number of piperazine rings is 1. The molecule has 20 heavy (non-hydrogen) atoms. The van der Waals surface area contributed by atoms with Crippen molar-refractivity contribution in [3.8, 4) is 0 Å². The zero-order valence-electron chi connectivity index (χ0n) is 12.0. The summed E-state index contributed by atoms with van der Waals surface area (Å²) in [5, 5.41) is 0. The van der Waals surface area contributed by atoms with E-state index in [0.29, 0.717) is 0 Å². The van der Waals surface area contributed by atoms with Gasteiger partial charge >= 0.3 is 0 Å². The Morgan fingerprint density at radius 2 is 1.50 bits per heavy atom. The van der Waals surface area contributed by atoms with Gasteiger partial charge in [-0.1, -0.05) is 0 Å². The Morgan fingerprint density at radius 3 is 2.15 bits per heavy atom. The molecule has 1 fully saturated rings. The van der Waals surface area contributed by atoms with E-state index in [1.54, 1.807) is 0 Å². The molecule has 1 aliphatic rings. The summed E-state index contributed by atoms with van der Waals surface area (Å²) in [6.45, 7) is 7.87. The molecule has 0 saturated carbocycles. The van der Waals surface area contributed by atoms with Crippen LogP contribution in [-0.2, 0) is 0 Å². The van der Waals surface area contributed by atoms with E-state index in [1.165, 1.54) is 5.56 Å². The number of nitrogens with zero attached hydrogens (tertiary/aromatic N) is 5. The first kappa shape index (κ1) is 12.8. The average Bonchev–Trinajstić information content (AvgIpc) is 2.48. The first-order valence-electron chi connectivity index (χ1n) is 6.93. The maximum atomic E-state index is 4.45. The molecule has 2 aromatic heterocycles. The van der Waals surface area contributed by atoms with E-state index in [4.69, 9.17) is 0 Å². The maximum Gasteiger partial charge on any atom is 0.225 e. The second-order valence-electron chi connectivity index (χ2n) is 5.23. The van der Waals surface area contributed by atoms with Crippen molar-refractivity contribution in [1.29, 1.82) is 0 Å². The van der Waals surface area contributed by atoms with Crippen molar-refractivity contribution in [3.05, 3.63) is 41.9 Å². The first-order chi connectivity index (χ1) is 9.72. The second-order valence-corrected chi connectivity index (χ2v) is 5.23. The normalized spacial score (nSPS) is 15.5. The zero-order chi connectivity index (χ0) is 13.9. The predicted octanol–water partition coefficient (Wildman–Crippen LogP) is 1.82. The highest BCUT2D eigenvalue weighted by molar-refractivity contribution is 5.43. The molecule has 0 atom stereocenters. The molecule has 0 aromatic carbocycles. The van der Waals surface area contributed by atoms with Crippen LogP contribution in [0.15, 0.2) is 30.7 Å². The zero-order valence-corrected chi connectivity index (χ0v) is 12.0. The third kappa shape index (κ3) is 2.71. The number of aromatic nitrogens is 3. The minimum Gasteiger partial charge on any atom is -0.353 e. The molecule has 0 spiro atoms. The van der Waals surface area contributed by atoms with Gasteiger partial charge in [-0.25, -0.2) is 15.0 Å². The van der Waals surface area contributed by atoms with E-state index in [-0.39, 0.29) is 0 Å². The molecule has 3 rings (SSSR count). The minimum absolute atomic E-state index is 0.826. The van der Waals surface area contributed by atoms with Gasteiger partial charge in [-0.05, 0) is 37.1 Å². The summed E-state index contributed by atoms with van der Waals surface area (Å²) in [6.07, 6.45) is 5.62. The summed E-state index contributed by atoms with van der Waals surface area (Å²) in [4.78, 5) is 17.8. The van der Waals surface area contributed by atoms with Crippen molar-refractivity contribution in [2.75, 3.05) is 36.0 Å². The standard InChI is InChI=1S/C15H19N5/c1-12-3-4-16-14(9-12)19-5-7-20(8-6-19)15-17-10-13(2)11-18-15/h3-4,9-11H,5-8H2,1-2H3. The van der Waals surface area contributed by atoms with Gasteiger partial charge in [-0.3, -0.25) is 0 Å². The van der Waals surface area contributed by atoms with Gasteiger partial charge < -0.3 is 9.80 Å². The van der Waals surface area contributed by atoms with Gasteiger partial charge in [-0.2, -0.15) is 0 Å². The molecule has 0 amide bonds. The van der Waals surface area contributed by atoms with E-state index in [2.05, 4.69) is 37.7 Å². The highest BCUT2D eigenvalue weighted by Gasteiger charge is 2.19. The number of aryl methyl sites for hydroxylation is 2. The fourth-order valence-corrected chi connectivity index (χ4v) is 2.38. The van der Waals surface area contributed by atoms with Gasteiger partial charge in [0.15, 0.2) is 0 Å². The van der Waals surface area contributed by atoms with Crippen LogP contribution in [0.4, 0.5) is 11.8 Å². The van der Waals surface area contributed by atoms with Crippen molar-refractivity contribution in [1.82, 2.24) is 15.0 Å². The number of hydrogen-bond donors (Lipinski definition) is 0. The third-order valence-electron chi connectivity index (χ3n) is 3.55. The summed E-state index contributed by atoms with van der Waals surface area (Å²) >= 11 is 0. The van der Waals surface area contributed by atoms with Crippen LogP contribution in [0.25, 0.3) is 0 Å². The molecule has 0 bridgehead atoms. The Hall–Kier alpha value is -2.17.